The Balaban J connectivity index is 2.09. The molecule has 0 saturated heterocycles. The Hall–Kier alpha value is -1.71. The summed E-state index contributed by atoms with van der Waals surface area (Å²) < 4.78 is 11.1. The van der Waals surface area contributed by atoms with E-state index in [1.165, 1.54) is 11.1 Å². The number of benzene rings is 2. The average molecular weight is 306 g/mol. The van der Waals surface area contributed by atoms with Gasteiger partial charge in [-0.2, -0.15) is 0 Å². The minimum Gasteiger partial charge on any atom is -0.497 e. The second kappa shape index (κ2) is 7.34. The van der Waals surface area contributed by atoms with Crippen molar-refractivity contribution in [2.24, 2.45) is 0 Å². The number of hydrogen-bond acceptors (Lipinski definition) is 3. The number of aryl methyl sites for hydroxylation is 1. The van der Waals surface area contributed by atoms with Gasteiger partial charge in [-0.25, -0.2) is 0 Å². The predicted octanol–water partition coefficient (Wildman–Crippen LogP) is 4.00. The quantitative estimate of drug-likeness (QED) is 0.875. The van der Waals surface area contributed by atoms with Gasteiger partial charge in [0.1, 0.15) is 18.1 Å². The molecule has 1 atom stereocenters. The lowest BCUT2D eigenvalue weighted by atomic mass is 10.0. The number of ether oxygens (including phenoxy) is 2. The predicted molar refractivity (Wildman–Crippen MR) is 86.5 cm³/mol. The van der Waals surface area contributed by atoms with Crippen LogP contribution in [0.3, 0.4) is 0 Å². The molecule has 0 aliphatic heterocycles. The lowest BCUT2D eigenvalue weighted by Crippen LogP contribution is -2.24. The molecule has 0 aliphatic rings. The minimum atomic E-state index is 0.106. The molecule has 0 fully saturated rings. The zero-order valence-electron chi connectivity index (χ0n) is 12.5. The summed E-state index contributed by atoms with van der Waals surface area (Å²) >= 11 is 5.96. The van der Waals surface area contributed by atoms with Crippen molar-refractivity contribution in [3.8, 4) is 11.5 Å². The highest BCUT2D eigenvalue weighted by Gasteiger charge is 2.13. The van der Waals surface area contributed by atoms with Crippen molar-refractivity contribution in [3.63, 3.8) is 0 Å². The highest BCUT2D eigenvalue weighted by Crippen LogP contribution is 2.24. The van der Waals surface area contributed by atoms with Gasteiger partial charge in [-0.05, 0) is 55.4 Å². The maximum atomic E-state index is 5.96. The smallest absolute Gasteiger partial charge is 0.120 e. The minimum absolute atomic E-state index is 0.106. The molecule has 0 bridgehead atoms. The van der Waals surface area contributed by atoms with Gasteiger partial charge in [0, 0.05) is 5.02 Å². The van der Waals surface area contributed by atoms with Gasteiger partial charge in [-0.15, -0.1) is 0 Å². The van der Waals surface area contributed by atoms with E-state index in [1.54, 1.807) is 7.11 Å². The molecule has 2 rings (SSSR count). The van der Waals surface area contributed by atoms with E-state index < -0.39 is 0 Å². The number of nitrogens with one attached hydrogen (secondary N) is 1. The number of hydrogen-bond donors (Lipinski definition) is 1. The van der Waals surface area contributed by atoms with E-state index in [0.29, 0.717) is 11.6 Å². The zero-order valence-corrected chi connectivity index (χ0v) is 13.3. The third-order valence-electron chi connectivity index (χ3n) is 3.41. The van der Waals surface area contributed by atoms with Crippen molar-refractivity contribution in [2.45, 2.75) is 13.0 Å². The Morgan fingerprint density at radius 1 is 1.14 bits per heavy atom. The van der Waals surface area contributed by atoms with E-state index in [0.717, 1.165) is 11.5 Å². The lowest BCUT2D eigenvalue weighted by molar-refractivity contribution is 0.272. The molecule has 112 valence electrons. The molecule has 0 aliphatic carbocycles. The Bertz CT molecular complexity index is 601. The summed E-state index contributed by atoms with van der Waals surface area (Å²) in [4.78, 5) is 0. The summed E-state index contributed by atoms with van der Waals surface area (Å²) in [6.45, 7) is 2.60. The monoisotopic (exact) mass is 305 g/mol. The Kier molecular flexibility index (Phi) is 5.48. The lowest BCUT2D eigenvalue weighted by Gasteiger charge is -2.20. The fourth-order valence-corrected chi connectivity index (χ4v) is 2.41. The van der Waals surface area contributed by atoms with Crippen LogP contribution in [0.15, 0.2) is 42.5 Å². The fraction of sp³-hybridized carbons (Fsp3) is 0.294. The third kappa shape index (κ3) is 4.13. The first-order valence-corrected chi connectivity index (χ1v) is 7.22. The summed E-state index contributed by atoms with van der Waals surface area (Å²) in [6, 6.07) is 13.6. The summed E-state index contributed by atoms with van der Waals surface area (Å²) in [5.41, 5.74) is 2.36. The summed E-state index contributed by atoms with van der Waals surface area (Å²) in [6.07, 6.45) is 0. The van der Waals surface area contributed by atoms with Gasteiger partial charge in [0.2, 0.25) is 0 Å². The summed E-state index contributed by atoms with van der Waals surface area (Å²) in [5.74, 6) is 1.63. The molecule has 0 heterocycles. The molecular formula is C17H20ClNO2. The van der Waals surface area contributed by atoms with Crippen LogP contribution in [0.4, 0.5) is 0 Å². The van der Waals surface area contributed by atoms with Crippen molar-refractivity contribution in [3.05, 3.63) is 58.6 Å². The van der Waals surface area contributed by atoms with Crippen molar-refractivity contribution in [2.75, 3.05) is 20.8 Å². The number of halogens is 1. The van der Waals surface area contributed by atoms with Crippen LogP contribution in [0.5, 0.6) is 11.5 Å². The van der Waals surface area contributed by atoms with Crippen LogP contribution in [0.2, 0.25) is 5.02 Å². The summed E-state index contributed by atoms with van der Waals surface area (Å²) in [7, 11) is 3.60. The Morgan fingerprint density at radius 2 is 1.95 bits per heavy atom. The molecule has 2 aromatic rings. The Labute approximate surface area is 130 Å². The SMILES string of the molecule is CNC(COc1cccc(Cl)c1)c1ccc(OC)cc1C. The van der Waals surface area contributed by atoms with Crippen LogP contribution in [0.25, 0.3) is 0 Å². The molecule has 1 unspecified atom stereocenters. The highest BCUT2D eigenvalue weighted by atomic mass is 35.5. The van der Waals surface area contributed by atoms with Crippen LogP contribution >= 0.6 is 11.6 Å². The summed E-state index contributed by atoms with van der Waals surface area (Å²) in [5, 5.41) is 3.96. The number of rotatable bonds is 6. The first kappa shape index (κ1) is 15.7. The fourth-order valence-electron chi connectivity index (χ4n) is 2.23. The Morgan fingerprint density at radius 3 is 2.57 bits per heavy atom. The van der Waals surface area contributed by atoms with E-state index in [-0.39, 0.29) is 6.04 Å². The van der Waals surface area contributed by atoms with E-state index in [1.807, 2.05) is 43.4 Å². The first-order valence-electron chi connectivity index (χ1n) is 6.84. The van der Waals surface area contributed by atoms with Crippen molar-refractivity contribution in [1.29, 1.82) is 0 Å². The molecule has 3 nitrogen and oxygen atoms in total. The topological polar surface area (TPSA) is 30.5 Å². The van der Waals surface area contributed by atoms with E-state index >= 15 is 0 Å². The van der Waals surface area contributed by atoms with Crippen LogP contribution < -0.4 is 14.8 Å². The molecule has 0 radical (unpaired) electrons. The van der Waals surface area contributed by atoms with E-state index in [9.17, 15) is 0 Å². The van der Waals surface area contributed by atoms with Crippen molar-refractivity contribution >= 4 is 11.6 Å². The van der Waals surface area contributed by atoms with Crippen LogP contribution in [-0.4, -0.2) is 20.8 Å². The molecule has 0 aromatic heterocycles. The van der Waals surface area contributed by atoms with Gasteiger partial charge < -0.3 is 14.8 Å². The van der Waals surface area contributed by atoms with E-state index in [4.69, 9.17) is 21.1 Å². The molecular weight excluding hydrogens is 286 g/mol. The zero-order chi connectivity index (χ0) is 15.2. The first-order chi connectivity index (χ1) is 10.1. The standard InChI is InChI=1S/C17H20ClNO2/c1-12-9-14(20-3)7-8-16(12)17(19-2)11-21-15-6-4-5-13(18)10-15/h4-10,17,19H,11H2,1-3H3. The third-order valence-corrected chi connectivity index (χ3v) is 3.65. The van der Waals surface area contributed by atoms with Crippen LogP contribution in [0.1, 0.15) is 17.2 Å². The normalized spacial score (nSPS) is 12.0. The van der Waals surface area contributed by atoms with Gasteiger partial charge in [0.25, 0.3) is 0 Å². The second-order valence-electron chi connectivity index (χ2n) is 4.83. The molecule has 0 amide bonds. The van der Waals surface area contributed by atoms with E-state index in [2.05, 4.69) is 18.3 Å². The van der Waals surface area contributed by atoms with Gasteiger partial charge in [0.15, 0.2) is 0 Å². The van der Waals surface area contributed by atoms with Crippen molar-refractivity contribution < 1.29 is 9.47 Å². The van der Waals surface area contributed by atoms with Gasteiger partial charge in [-0.3, -0.25) is 0 Å². The largest absolute Gasteiger partial charge is 0.497 e. The van der Waals surface area contributed by atoms with Gasteiger partial charge in [-0.1, -0.05) is 23.7 Å². The van der Waals surface area contributed by atoms with Crippen LogP contribution in [0, 0.1) is 6.92 Å². The van der Waals surface area contributed by atoms with Gasteiger partial charge in [0.05, 0.1) is 13.2 Å². The molecule has 21 heavy (non-hydrogen) atoms. The second-order valence-corrected chi connectivity index (χ2v) is 5.27. The maximum Gasteiger partial charge on any atom is 0.120 e. The number of likely N-dealkylation sites (N-methyl/N-ethyl adjacent to an activating group) is 1. The van der Waals surface area contributed by atoms with Crippen molar-refractivity contribution in [1.82, 2.24) is 5.32 Å². The highest BCUT2D eigenvalue weighted by molar-refractivity contribution is 6.30. The van der Waals surface area contributed by atoms with Gasteiger partial charge >= 0.3 is 0 Å². The molecule has 0 saturated carbocycles. The average Bonchev–Trinajstić information content (AvgIpc) is 2.49. The molecule has 0 spiro atoms. The number of methoxy groups -OCH3 is 1. The molecule has 4 heteroatoms. The molecule has 2 aromatic carbocycles. The molecule has 1 N–H and O–H groups in total. The van der Waals surface area contributed by atoms with Crippen LogP contribution in [-0.2, 0) is 0 Å². The maximum absolute atomic E-state index is 5.96.